The van der Waals surface area contributed by atoms with Crippen molar-refractivity contribution in [1.82, 2.24) is 9.97 Å². The van der Waals surface area contributed by atoms with Gasteiger partial charge in [0.2, 0.25) is 0 Å². The molecule has 0 N–H and O–H groups in total. The highest BCUT2D eigenvalue weighted by Crippen LogP contribution is 2.34. The van der Waals surface area contributed by atoms with Crippen LogP contribution in [-0.4, -0.2) is 9.97 Å². The maximum absolute atomic E-state index is 8.91. The van der Waals surface area contributed by atoms with Crippen molar-refractivity contribution in [1.29, 1.82) is 0 Å². The van der Waals surface area contributed by atoms with Crippen LogP contribution in [0.15, 0.2) is 114 Å². The van der Waals surface area contributed by atoms with E-state index in [1.807, 2.05) is 54.6 Å². The van der Waals surface area contributed by atoms with Crippen LogP contribution in [0.25, 0.3) is 33.2 Å². The van der Waals surface area contributed by atoms with Crippen LogP contribution in [0.3, 0.4) is 0 Å². The van der Waals surface area contributed by atoms with E-state index in [1.54, 1.807) is 54.9 Å². The van der Waals surface area contributed by atoms with Gasteiger partial charge in [0.1, 0.15) is 11.2 Å². The summed E-state index contributed by atoms with van der Waals surface area (Å²) >= 11 is 0. The van der Waals surface area contributed by atoms with Gasteiger partial charge in [-0.15, -0.1) is 0 Å². The Hall–Kier alpha value is -4.24. The number of fused-ring (bicyclic) bond motifs is 3. The summed E-state index contributed by atoms with van der Waals surface area (Å²) in [5.41, 5.74) is 4.44. The molecule has 6 aromatic rings. The molecule has 0 bridgehead atoms. The van der Waals surface area contributed by atoms with Crippen LogP contribution in [0.5, 0.6) is 0 Å². The monoisotopic (exact) mass is 430 g/mol. The first-order valence-electron chi connectivity index (χ1n) is 12.8. The van der Waals surface area contributed by atoms with Gasteiger partial charge in [-0.2, -0.15) is 0 Å². The van der Waals surface area contributed by atoms with Gasteiger partial charge in [-0.05, 0) is 59.5 Å². The average molecular weight is 431 g/mol. The molecular formula is C30H22N2O. The van der Waals surface area contributed by atoms with Crippen molar-refractivity contribution in [3.8, 4) is 11.3 Å². The molecule has 0 saturated heterocycles. The molecule has 0 amide bonds. The predicted molar refractivity (Wildman–Crippen MR) is 133 cm³/mol. The molecule has 0 saturated carbocycles. The van der Waals surface area contributed by atoms with E-state index >= 15 is 0 Å². The number of hydrogen-bond acceptors (Lipinski definition) is 3. The summed E-state index contributed by atoms with van der Waals surface area (Å²) < 4.78 is 41.4. The van der Waals surface area contributed by atoms with Gasteiger partial charge in [-0.1, -0.05) is 60.7 Å². The van der Waals surface area contributed by atoms with Gasteiger partial charge in [0, 0.05) is 35.2 Å². The fourth-order valence-electron chi connectivity index (χ4n) is 3.99. The van der Waals surface area contributed by atoms with Crippen molar-refractivity contribution in [3.05, 3.63) is 132 Å². The first kappa shape index (κ1) is 15.5. The lowest BCUT2D eigenvalue weighted by atomic mass is 10.0. The van der Waals surface area contributed by atoms with Crippen molar-refractivity contribution in [3.63, 3.8) is 0 Å². The van der Waals surface area contributed by atoms with Crippen molar-refractivity contribution < 1.29 is 9.90 Å². The van der Waals surface area contributed by atoms with E-state index in [1.165, 1.54) is 0 Å². The highest BCUT2D eigenvalue weighted by Gasteiger charge is 2.14. The second-order valence-electron chi connectivity index (χ2n) is 7.76. The fraction of sp³-hybridized carbons (Fsp3) is 0.0667. The molecule has 0 aliphatic carbocycles. The molecule has 158 valence electrons. The third kappa shape index (κ3) is 3.90. The smallest absolute Gasteiger partial charge is 0.138 e. The molecule has 0 unspecified atom stereocenters. The molecule has 3 heteroatoms. The number of benzene rings is 3. The molecule has 0 atom stereocenters. The average Bonchev–Trinajstić information content (AvgIpc) is 3.32. The number of furan rings is 1. The fourth-order valence-corrected chi connectivity index (χ4v) is 3.99. The van der Waals surface area contributed by atoms with E-state index in [0.717, 1.165) is 10.9 Å². The first-order valence-corrected chi connectivity index (χ1v) is 10.8. The summed E-state index contributed by atoms with van der Waals surface area (Å²) in [6.45, 7) is 0. The Morgan fingerprint density at radius 1 is 0.636 bits per heavy atom. The van der Waals surface area contributed by atoms with Crippen molar-refractivity contribution in [2.24, 2.45) is 0 Å². The topological polar surface area (TPSA) is 38.9 Å². The maximum Gasteiger partial charge on any atom is 0.138 e. The van der Waals surface area contributed by atoms with Crippen LogP contribution < -0.4 is 0 Å². The number of pyridine rings is 2. The zero-order valence-electron chi connectivity index (χ0n) is 21.7. The van der Waals surface area contributed by atoms with Crippen LogP contribution >= 0.6 is 0 Å². The van der Waals surface area contributed by atoms with Crippen LogP contribution in [0.4, 0.5) is 0 Å². The summed E-state index contributed by atoms with van der Waals surface area (Å²) in [7, 11) is 0. The predicted octanol–water partition coefficient (Wildman–Crippen LogP) is 7.22. The highest BCUT2D eigenvalue weighted by molar-refractivity contribution is 6.07. The Balaban J connectivity index is 1.50. The molecular weight excluding hydrogens is 404 g/mol. The van der Waals surface area contributed by atoms with E-state index in [9.17, 15) is 0 Å². The number of rotatable bonds is 5. The second kappa shape index (κ2) is 8.36. The molecule has 0 aliphatic rings. The quantitative estimate of drug-likeness (QED) is 0.290. The van der Waals surface area contributed by atoms with Crippen LogP contribution in [0.2, 0.25) is 0 Å². The molecule has 6 rings (SSSR count). The third-order valence-electron chi connectivity index (χ3n) is 5.54. The first-order chi connectivity index (χ1) is 17.9. The SMILES string of the molecule is [2H]C([2H])(c1ccccc1)c1ccnc(-c2ccc3oc4ccnc(C([2H])([2H])c5ccccc5)c4c3c2)c1. The van der Waals surface area contributed by atoms with Crippen molar-refractivity contribution in [2.75, 3.05) is 0 Å². The second-order valence-corrected chi connectivity index (χ2v) is 7.76. The summed E-state index contributed by atoms with van der Waals surface area (Å²) in [4.78, 5) is 8.98. The summed E-state index contributed by atoms with van der Waals surface area (Å²) in [5, 5.41) is 1.35. The van der Waals surface area contributed by atoms with Gasteiger partial charge in [-0.3, -0.25) is 9.97 Å². The summed E-state index contributed by atoms with van der Waals surface area (Å²) in [6.07, 6.45) is -0.339. The Bertz CT molecular complexity index is 1730. The molecule has 0 fully saturated rings. The van der Waals surface area contributed by atoms with E-state index in [2.05, 4.69) is 9.97 Å². The number of nitrogens with zero attached hydrogens (tertiary/aromatic N) is 2. The summed E-state index contributed by atoms with van der Waals surface area (Å²) in [5.74, 6) is 0. The van der Waals surface area contributed by atoms with Gasteiger partial charge in [0.05, 0.1) is 16.8 Å². The van der Waals surface area contributed by atoms with Crippen molar-refractivity contribution >= 4 is 21.9 Å². The number of hydrogen-bond donors (Lipinski definition) is 0. The molecule has 3 aromatic carbocycles. The Morgan fingerprint density at radius 2 is 1.36 bits per heavy atom. The van der Waals surface area contributed by atoms with E-state index < -0.39 is 12.7 Å². The zero-order valence-corrected chi connectivity index (χ0v) is 17.7. The largest absolute Gasteiger partial charge is 0.456 e. The van der Waals surface area contributed by atoms with Gasteiger partial charge < -0.3 is 4.42 Å². The van der Waals surface area contributed by atoms with Gasteiger partial charge in [-0.25, -0.2) is 0 Å². The van der Waals surface area contributed by atoms with Crippen LogP contribution in [0.1, 0.15) is 27.9 Å². The Kier molecular flexibility index (Phi) is 3.94. The standard InChI is InChI=1S/C30H22N2O/c1-3-7-21(8-4-1)17-23-13-15-31-26(19-23)24-11-12-28-25(20-24)30-27(32-16-14-29(30)33-28)18-22-9-5-2-6-10-22/h1-16,19-20H,17-18H2/i17D2,18D2. The molecule has 3 aromatic heterocycles. The van der Waals surface area contributed by atoms with E-state index in [0.29, 0.717) is 38.9 Å². The third-order valence-corrected chi connectivity index (χ3v) is 5.54. The molecule has 3 nitrogen and oxygen atoms in total. The Labute approximate surface area is 198 Å². The molecule has 0 radical (unpaired) electrons. The maximum atomic E-state index is 8.91. The molecule has 3 heterocycles. The van der Waals surface area contributed by atoms with E-state index in [4.69, 9.17) is 9.90 Å². The summed E-state index contributed by atoms with van der Waals surface area (Å²) in [6, 6.07) is 28.9. The van der Waals surface area contributed by atoms with Gasteiger partial charge >= 0.3 is 0 Å². The molecule has 33 heavy (non-hydrogen) atoms. The normalized spacial score (nSPS) is 13.9. The van der Waals surface area contributed by atoms with Crippen molar-refractivity contribution in [2.45, 2.75) is 12.7 Å². The lowest BCUT2D eigenvalue weighted by Crippen LogP contribution is -1.93. The molecule has 0 aliphatic heterocycles. The Morgan fingerprint density at radius 3 is 2.15 bits per heavy atom. The molecule has 0 spiro atoms. The zero-order chi connectivity index (χ0) is 25.6. The highest BCUT2D eigenvalue weighted by atomic mass is 16.3. The van der Waals surface area contributed by atoms with Crippen LogP contribution in [0, 0.1) is 0 Å². The minimum absolute atomic E-state index is 0.286. The van der Waals surface area contributed by atoms with Gasteiger partial charge in [0.25, 0.3) is 0 Å². The van der Waals surface area contributed by atoms with Crippen LogP contribution in [-0.2, 0) is 12.7 Å². The lowest BCUT2D eigenvalue weighted by Gasteiger charge is -2.06. The van der Waals surface area contributed by atoms with E-state index in [-0.39, 0.29) is 5.69 Å². The minimum Gasteiger partial charge on any atom is -0.456 e. The lowest BCUT2D eigenvalue weighted by molar-refractivity contribution is 0.668. The minimum atomic E-state index is -1.84. The van der Waals surface area contributed by atoms with Gasteiger partial charge in [0.15, 0.2) is 0 Å². The number of aromatic nitrogens is 2.